The third-order valence-electron chi connectivity index (χ3n) is 4.69. The van der Waals surface area contributed by atoms with Crippen LogP contribution in [0.3, 0.4) is 0 Å². The molecule has 7 heteroatoms. The number of fused-ring (bicyclic) bond motifs is 1. The molecule has 0 saturated carbocycles. The number of sulfone groups is 1. The molecule has 1 amide bonds. The molecule has 2 aromatic heterocycles. The number of nitrogens with zero attached hydrogens (tertiary/aromatic N) is 1. The van der Waals surface area contributed by atoms with Crippen LogP contribution in [0.15, 0.2) is 48.0 Å². The SMILES string of the molecule is O=C(c1ccc2cc[nH]c2c1)N1CCC(c2cccs2)S(=O)(=O)CC1. The van der Waals surface area contributed by atoms with Gasteiger partial charge in [0.1, 0.15) is 0 Å². The largest absolute Gasteiger partial charge is 0.361 e. The van der Waals surface area contributed by atoms with E-state index in [0.717, 1.165) is 15.8 Å². The van der Waals surface area contributed by atoms with E-state index in [4.69, 9.17) is 0 Å². The standard InChI is InChI=1S/C18H18N2O3S2/c21-18(14-4-3-13-5-7-19-15(13)12-14)20-8-6-17(16-2-1-10-24-16)25(22,23)11-9-20/h1-5,7,10,12,17,19H,6,8-9,11H2. The molecule has 4 rings (SSSR count). The summed E-state index contributed by atoms with van der Waals surface area (Å²) in [4.78, 5) is 18.5. The third kappa shape index (κ3) is 3.09. The van der Waals surface area contributed by atoms with Crippen molar-refractivity contribution in [2.45, 2.75) is 11.7 Å². The minimum atomic E-state index is -3.25. The highest BCUT2D eigenvalue weighted by atomic mass is 32.2. The van der Waals surface area contributed by atoms with E-state index in [2.05, 4.69) is 4.98 Å². The van der Waals surface area contributed by atoms with Crippen LogP contribution in [0.25, 0.3) is 10.9 Å². The second kappa shape index (κ2) is 6.31. The van der Waals surface area contributed by atoms with Crippen LogP contribution in [0, 0.1) is 0 Å². The summed E-state index contributed by atoms with van der Waals surface area (Å²) in [6.45, 7) is 0.690. The van der Waals surface area contributed by atoms with Crippen molar-refractivity contribution in [1.29, 1.82) is 0 Å². The molecule has 1 unspecified atom stereocenters. The number of thiophene rings is 1. The molecule has 1 fully saturated rings. The van der Waals surface area contributed by atoms with Crippen LogP contribution >= 0.6 is 11.3 Å². The summed E-state index contributed by atoms with van der Waals surface area (Å²) >= 11 is 1.46. The third-order valence-corrected chi connectivity index (χ3v) is 7.93. The number of aromatic amines is 1. The highest BCUT2D eigenvalue weighted by molar-refractivity contribution is 7.91. The quantitative estimate of drug-likeness (QED) is 0.749. The lowest BCUT2D eigenvalue weighted by molar-refractivity contribution is 0.0767. The molecule has 25 heavy (non-hydrogen) atoms. The molecule has 5 nitrogen and oxygen atoms in total. The number of benzene rings is 1. The Bertz CT molecular complexity index is 1010. The summed E-state index contributed by atoms with van der Waals surface area (Å²) < 4.78 is 25.2. The molecule has 1 N–H and O–H groups in total. The first-order valence-electron chi connectivity index (χ1n) is 8.16. The van der Waals surface area contributed by atoms with Crippen molar-refractivity contribution in [3.8, 4) is 0 Å². The molecule has 1 atom stereocenters. The fraction of sp³-hybridized carbons (Fsp3) is 0.278. The first-order chi connectivity index (χ1) is 12.0. The van der Waals surface area contributed by atoms with Crippen molar-refractivity contribution in [1.82, 2.24) is 9.88 Å². The van der Waals surface area contributed by atoms with Crippen molar-refractivity contribution < 1.29 is 13.2 Å². The van der Waals surface area contributed by atoms with Gasteiger partial charge in [-0.15, -0.1) is 11.3 Å². The number of carbonyl (C=O) groups is 1. The minimum Gasteiger partial charge on any atom is -0.361 e. The lowest BCUT2D eigenvalue weighted by Crippen LogP contribution is -2.33. The summed E-state index contributed by atoms with van der Waals surface area (Å²) in [6, 6.07) is 11.2. The van der Waals surface area contributed by atoms with Gasteiger partial charge in [0.15, 0.2) is 9.84 Å². The summed E-state index contributed by atoms with van der Waals surface area (Å²) in [7, 11) is -3.25. The van der Waals surface area contributed by atoms with Gasteiger partial charge in [-0.2, -0.15) is 0 Å². The molecular formula is C18H18N2O3S2. The zero-order chi connectivity index (χ0) is 17.4. The molecule has 3 heterocycles. The predicted octanol–water partition coefficient (Wildman–Crippen LogP) is 3.23. The van der Waals surface area contributed by atoms with Crippen molar-refractivity contribution in [3.05, 3.63) is 58.4 Å². The first kappa shape index (κ1) is 16.4. The van der Waals surface area contributed by atoms with E-state index < -0.39 is 15.1 Å². The van der Waals surface area contributed by atoms with Crippen molar-refractivity contribution in [2.24, 2.45) is 0 Å². The fourth-order valence-electron chi connectivity index (χ4n) is 3.30. The van der Waals surface area contributed by atoms with Gasteiger partial charge >= 0.3 is 0 Å². The molecule has 0 bridgehead atoms. The number of amides is 1. The lowest BCUT2D eigenvalue weighted by Gasteiger charge is -2.20. The Labute approximate surface area is 150 Å². The van der Waals surface area contributed by atoms with Crippen molar-refractivity contribution in [3.63, 3.8) is 0 Å². The second-order valence-corrected chi connectivity index (χ2v) is 9.51. The number of H-pyrrole nitrogens is 1. The Balaban J connectivity index is 1.58. The van der Waals surface area contributed by atoms with Crippen LogP contribution in [-0.2, 0) is 9.84 Å². The van der Waals surface area contributed by atoms with Crippen LogP contribution < -0.4 is 0 Å². The molecule has 1 saturated heterocycles. The van der Waals surface area contributed by atoms with Gasteiger partial charge in [-0.25, -0.2) is 8.42 Å². The Morgan fingerprint density at radius 2 is 2.08 bits per heavy atom. The van der Waals surface area contributed by atoms with Gasteiger partial charge in [0.25, 0.3) is 5.91 Å². The van der Waals surface area contributed by atoms with Gasteiger partial charge in [-0.3, -0.25) is 4.79 Å². The predicted molar refractivity (Wildman–Crippen MR) is 99.7 cm³/mol. The Kier molecular flexibility index (Phi) is 4.13. The number of nitrogens with one attached hydrogen (secondary N) is 1. The highest BCUT2D eigenvalue weighted by Gasteiger charge is 2.33. The van der Waals surface area contributed by atoms with E-state index in [0.29, 0.717) is 18.5 Å². The van der Waals surface area contributed by atoms with E-state index in [1.807, 2.05) is 41.9 Å². The molecule has 0 aliphatic carbocycles. The van der Waals surface area contributed by atoms with Crippen LogP contribution in [0.5, 0.6) is 0 Å². The molecule has 0 spiro atoms. The van der Waals surface area contributed by atoms with Gasteiger partial charge in [-0.1, -0.05) is 12.1 Å². The van der Waals surface area contributed by atoms with Gasteiger partial charge < -0.3 is 9.88 Å². The van der Waals surface area contributed by atoms with E-state index in [1.165, 1.54) is 11.3 Å². The topological polar surface area (TPSA) is 70.2 Å². The van der Waals surface area contributed by atoms with Crippen LogP contribution in [-0.4, -0.2) is 43.1 Å². The fourth-order valence-corrected chi connectivity index (χ4v) is 6.31. The molecule has 0 radical (unpaired) electrons. The average Bonchev–Trinajstić information content (AvgIpc) is 3.25. The van der Waals surface area contributed by atoms with Crippen molar-refractivity contribution >= 4 is 38.0 Å². The lowest BCUT2D eigenvalue weighted by atomic mass is 10.1. The smallest absolute Gasteiger partial charge is 0.253 e. The number of rotatable bonds is 2. The summed E-state index contributed by atoms with van der Waals surface area (Å²) in [5.41, 5.74) is 1.49. The summed E-state index contributed by atoms with van der Waals surface area (Å²) in [5, 5.41) is 2.44. The monoisotopic (exact) mass is 374 g/mol. The summed E-state index contributed by atoms with van der Waals surface area (Å²) in [5.74, 6) is -0.106. The van der Waals surface area contributed by atoms with E-state index in [-0.39, 0.29) is 18.2 Å². The van der Waals surface area contributed by atoms with Crippen LogP contribution in [0.1, 0.15) is 26.9 Å². The van der Waals surface area contributed by atoms with Gasteiger partial charge in [0, 0.05) is 35.2 Å². The van der Waals surface area contributed by atoms with Gasteiger partial charge in [-0.05, 0) is 41.5 Å². The molecule has 1 aliphatic rings. The molecule has 130 valence electrons. The van der Waals surface area contributed by atoms with E-state index in [9.17, 15) is 13.2 Å². The maximum Gasteiger partial charge on any atom is 0.253 e. The molecule has 1 aromatic carbocycles. The molecule has 3 aromatic rings. The average molecular weight is 374 g/mol. The maximum atomic E-state index is 12.8. The maximum absolute atomic E-state index is 12.8. The van der Waals surface area contributed by atoms with Crippen molar-refractivity contribution in [2.75, 3.05) is 18.8 Å². The zero-order valence-corrected chi connectivity index (χ0v) is 15.1. The number of aromatic nitrogens is 1. The van der Waals surface area contributed by atoms with Crippen LogP contribution in [0.2, 0.25) is 0 Å². The minimum absolute atomic E-state index is 0.00600. The van der Waals surface area contributed by atoms with Gasteiger partial charge in [0.2, 0.25) is 0 Å². The Morgan fingerprint density at radius 3 is 2.88 bits per heavy atom. The summed E-state index contributed by atoms with van der Waals surface area (Å²) in [6.07, 6.45) is 2.28. The second-order valence-electron chi connectivity index (χ2n) is 6.23. The molecular weight excluding hydrogens is 356 g/mol. The zero-order valence-electron chi connectivity index (χ0n) is 13.5. The Hall–Kier alpha value is -2.12. The first-order valence-corrected chi connectivity index (χ1v) is 10.8. The van der Waals surface area contributed by atoms with Crippen LogP contribution in [0.4, 0.5) is 0 Å². The Morgan fingerprint density at radius 1 is 1.20 bits per heavy atom. The highest BCUT2D eigenvalue weighted by Crippen LogP contribution is 2.32. The van der Waals surface area contributed by atoms with Gasteiger partial charge in [0.05, 0.1) is 11.0 Å². The van der Waals surface area contributed by atoms with E-state index >= 15 is 0 Å². The molecule has 1 aliphatic heterocycles. The van der Waals surface area contributed by atoms with E-state index in [1.54, 1.807) is 11.0 Å². The number of hydrogen-bond donors (Lipinski definition) is 1. The normalized spacial score (nSPS) is 20.5. The number of hydrogen-bond acceptors (Lipinski definition) is 4. The number of carbonyl (C=O) groups excluding carboxylic acids is 1.